The van der Waals surface area contributed by atoms with Crippen LogP contribution in [0.5, 0.6) is 11.5 Å². The number of aryl methyl sites for hydroxylation is 2. The lowest BCUT2D eigenvalue weighted by atomic mass is 10.2. The fourth-order valence-corrected chi connectivity index (χ4v) is 2.13. The predicted molar refractivity (Wildman–Crippen MR) is 75.7 cm³/mol. The molecule has 2 aromatic rings. The SMILES string of the molecule is Cc1cc(C)n(N=Cc2ccc3c(c2)OCO3)c(=O)c1. The van der Waals surface area contributed by atoms with Gasteiger partial charge in [-0.05, 0) is 49.2 Å². The Bertz CT molecular complexity index is 747. The summed E-state index contributed by atoms with van der Waals surface area (Å²) in [5, 5.41) is 4.22. The third-order valence-corrected chi connectivity index (χ3v) is 3.05. The van der Waals surface area contributed by atoms with Gasteiger partial charge in [-0.25, -0.2) is 4.68 Å². The molecule has 0 fully saturated rings. The molecule has 0 aliphatic carbocycles. The second-order valence-electron chi connectivity index (χ2n) is 4.68. The van der Waals surface area contributed by atoms with E-state index in [2.05, 4.69) is 5.10 Å². The summed E-state index contributed by atoms with van der Waals surface area (Å²) in [5.74, 6) is 1.42. The largest absolute Gasteiger partial charge is 0.454 e. The normalized spacial score (nSPS) is 13.1. The van der Waals surface area contributed by atoms with Crippen molar-refractivity contribution in [1.29, 1.82) is 0 Å². The van der Waals surface area contributed by atoms with Crippen molar-refractivity contribution in [2.24, 2.45) is 5.10 Å². The summed E-state index contributed by atoms with van der Waals surface area (Å²) >= 11 is 0. The Hall–Kier alpha value is -2.56. The molecule has 0 atom stereocenters. The van der Waals surface area contributed by atoms with Gasteiger partial charge in [0, 0.05) is 11.8 Å². The van der Waals surface area contributed by atoms with Gasteiger partial charge in [0.2, 0.25) is 6.79 Å². The molecule has 20 heavy (non-hydrogen) atoms. The molecule has 0 spiro atoms. The molecule has 0 unspecified atom stereocenters. The van der Waals surface area contributed by atoms with Crippen LogP contribution >= 0.6 is 0 Å². The summed E-state index contributed by atoms with van der Waals surface area (Å²) in [6, 6.07) is 9.00. The Labute approximate surface area is 116 Å². The first-order valence-corrected chi connectivity index (χ1v) is 6.28. The van der Waals surface area contributed by atoms with Crippen LogP contribution in [0.3, 0.4) is 0 Å². The summed E-state index contributed by atoms with van der Waals surface area (Å²) in [4.78, 5) is 11.9. The van der Waals surface area contributed by atoms with E-state index in [1.165, 1.54) is 4.68 Å². The minimum absolute atomic E-state index is 0.139. The van der Waals surface area contributed by atoms with E-state index in [1.807, 2.05) is 38.1 Å². The maximum atomic E-state index is 11.9. The van der Waals surface area contributed by atoms with Crippen molar-refractivity contribution >= 4 is 6.21 Å². The van der Waals surface area contributed by atoms with E-state index in [0.29, 0.717) is 5.75 Å². The van der Waals surface area contributed by atoms with Crippen molar-refractivity contribution in [3.8, 4) is 11.5 Å². The van der Waals surface area contributed by atoms with Crippen LogP contribution in [0, 0.1) is 13.8 Å². The number of hydrogen-bond donors (Lipinski definition) is 0. The van der Waals surface area contributed by atoms with Gasteiger partial charge in [-0.2, -0.15) is 5.10 Å². The molecule has 0 radical (unpaired) electrons. The molecular formula is C15H14N2O3. The molecule has 3 rings (SSSR count). The average Bonchev–Trinajstić information content (AvgIpc) is 2.84. The summed E-state index contributed by atoms with van der Waals surface area (Å²) < 4.78 is 11.9. The van der Waals surface area contributed by atoms with Crippen LogP contribution < -0.4 is 15.0 Å². The Morgan fingerprint density at radius 2 is 1.95 bits per heavy atom. The lowest BCUT2D eigenvalue weighted by Crippen LogP contribution is -2.18. The second-order valence-corrected chi connectivity index (χ2v) is 4.68. The number of rotatable bonds is 2. The van der Waals surface area contributed by atoms with E-state index in [1.54, 1.807) is 12.3 Å². The number of hydrogen-bond acceptors (Lipinski definition) is 4. The minimum Gasteiger partial charge on any atom is -0.454 e. The highest BCUT2D eigenvalue weighted by Gasteiger charge is 2.12. The molecule has 0 amide bonds. The first kappa shape index (κ1) is 12.5. The van der Waals surface area contributed by atoms with Gasteiger partial charge in [0.1, 0.15) is 0 Å². The van der Waals surface area contributed by atoms with E-state index in [4.69, 9.17) is 9.47 Å². The van der Waals surface area contributed by atoms with Gasteiger partial charge in [0.15, 0.2) is 11.5 Å². The maximum absolute atomic E-state index is 11.9. The van der Waals surface area contributed by atoms with Crippen LogP contribution in [-0.4, -0.2) is 17.7 Å². The standard InChI is InChI=1S/C15H14N2O3/c1-10-5-11(2)17(15(18)6-10)16-8-12-3-4-13-14(7-12)20-9-19-13/h3-8H,9H2,1-2H3. The molecular weight excluding hydrogens is 256 g/mol. The molecule has 0 saturated heterocycles. The summed E-state index contributed by atoms with van der Waals surface area (Å²) in [5.41, 5.74) is 2.44. The van der Waals surface area contributed by atoms with Crippen molar-refractivity contribution in [1.82, 2.24) is 4.68 Å². The number of nitrogens with zero attached hydrogens (tertiary/aromatic N) is 2. The molecule has 0 bridgehead atoms. The van der Waals surface area contributed by atoms with Gasteiger partial charge in [-0.3, -0.25) is 4.79 Å². The number of fused-ring (bicyclic) bond motifs is 1. The van der Waals surface area contributed by atoms with Crippen LogP contribution in [0.2, 0.25) is 0 Å². The summed E-state index contributed by atoms with van der Waals surface area (Å²) in [7, 11) is 0. The molecule has 2 heterocycles. The van der Waals surface area contributed by atoms with E-state index >= 15 is 0 Å². The number of pyridine rings is 1. The van der Waals surface area contributed by atoms with Crippen LogP contribution in [-0.2, 0) is 0 Å². The summed E-state index contributed by atoms with van der Waals surface area (Å²) in [6.45, 7) is 3.98. The molecule has 1 aromatic carbocycles. The monoisotopic (exact) mass is 270 g/mol. The second kappa shape index (κ2) is 4.85. The highest BCUT2D eigenvalue weighted by molar-refractivity contribution is 5.80. The van der Waals surface area contributed by atoms with Crippen molar-refractivity contribution in [3.63, 3.8) is 0 Å². The van der Waals surface area contributed by atoms with Gasteiger partial charge >= 0.3 is 0 Å². The zero-order valence-electron chi connectivity index (χ0n) is 11.3. The van der Waals surface area contributed by atoms with E-state index in [-0.39, 0.29) is 12.4 Å². The van der Waals surface area contributed by atoms with Gasteiger partial charge in [-0.1, -0.05) is 0 Å². The van der Waals surface area contributed by atoms with Crippen molar-refractivity contribution in [3.05, 3.63) is 57.5 Å². The smallest absolute Gasteiger partial charge is 0.271 e. The molecule has 5 heteroatoms. The minimum atomic E-state index is -0.139. The van der Waals surface area contributed by atoms with Crippen LogP contribution in [0.4, 0.5) is 0 Å². The molecule has 5 nitrogen and oxygen atoms in total. The zero-order chi connectivity index (χ0) is 14.1. The lowest BCUT2D eigenvalue weighted by Gasteiger charge is -2.04. The molecule has 102 valence electrons. The van der Waals surface area contributed by atoms with Gasteiger partial charge in [0.25, 0.3) is 5.56 Å². The van der Waals surface area contributed by atoms with Crippen LogP contribution in [0.15, 0.2) is 40.2 Å². The fraction of sp³-hybridized carbons (Fsp3) is 0.200. The molecule has 1 aromatic heterocycles. The highest BCUT2D eigenvalue weighted by Crippen LogP contribution is 2.31. The van der Waals surface area contributed by atoms with Crippen molar-refractivity contribution < 1.29 is 9.47 Å². The zero-order valence-corrected chi connectivity index (χ0v) is 11.3. The van der Waals surface area contributed by atoms with Crippen molar-refractivity contribution in [2.45, 2.75) is 13.8 Å². The Kier molecular flexibility index (Phi) is 3.02. The predicted octanol–water partition coefficient (Wildman–Crippen LogP) is 2.08. The molecule has 1 aliphatic rings. The summed E-state index contributed by atoms with van der Waals surface area (Å²) in [6.07, 6.45) is 1.63. The molecule has 1 aliphatic heterocycles. The van der Waals surface area contributed by atoms with E-state index in [9.17, 15) is 4.79 Å². The van der Waals surface area contributed by atoms with Crippen molar-refractivity contribution in [2.75, 3.05) is 6.79 Å². The first-order valence-electron chi connectivity index (χ1n) is 6.28. The van der Waals surface area contributed by atoms with Gasteiger partial charge in [-0.15, -0.1) is 0 Å². The Morgan fingerprint density at radius 1 is 1.15 bits per heavy atom. The van der Waals surface area contributed by atoms with Crippen LogP contribution in [0.25, 0.3) is 0 Å². The Morgan fingerprint density at radius 3 is 2.75 bits per heavy atom. The average molecular weight is 270 g/mol. The topological polar surface area (TPSA) is 52.8 Å². The fourth-order valence-electron chi connectivity index (χ4n) is 2.13. The van der Waals surface area contributed by atoms with E-state index in [0.717, 1.165) is 22.6 Å². The third kappa shape index (κ3) is 2.30. The molecule has 0 N–H and O–H groups in total. The highest BCUT2D eigenvalue weighted by atomic mass is 16.7. The van der Waals surface area contributed by atoms with Gasteiger partial charge < -0.3 is 9.47 Å². The number of aromatic nitrogens is 1. The first-order chi connectivity index (χ1) is 9.63. The number of ether oxygens (including phenoxy) is 2. The van der Waals surface area contributed by atoms with Crippen LogP contribution in [0.1, 0.15) is 16.8 Å². The van der Waals surface area contributed by atoms with E-state index < -0.39 is 0 Å². The lowest BCUT2D eigenvalue weighted by molar-refractivity contribution is 0.174. The number of benzene rings is 1. The Balaban J connectivity index is 1.93. The molecule has 0 saturated carbocycles. The van der Waals surface area contributed by atoms with Gasteiger partial charge in [0.05, 0.1) is 6.21 Å². The maximum Gasteiger partial charge on any atom is 0.271 e. The third-order valence-electron chi connectivity index (χ3n) is 3.05. The quantitative estimate of drug-likeness (QED) is 0.785.